The van der Waals surface area contributed by atoms with E-state index >= 15 is 0 Å². The zero-order chi connectivity index (χ0) is 10.8. The van der Waals surface area contributed by atoms with Crippen LogP contribution in [0.15, 0.2) is 12.4 Å². The van der Waals surface area contributed by atoms with Crippen molar-refractivity contribution in [2.24, 2.45) is 13.0 Å². The highest BCUT2D eigenvalue weighted by Gasteiger charge is 2.30. The minimum atomic E-state index is -0.147. The van der Waals surface area contributed by atoms with E-state index < -0.39 is 0 Å². The zero-order valence-electron chi connectivity index (χ0n) is 9.43. The number of aliphatic hydroxyl groups is 1. The molecule has 1 aliphatic rings. The molecule has 84 valence electrons. The van der Waals surface area contributed by atoms with Gasteiger partial charge in [-0.1, -0.05) is 0 Å². The van der Waals surface area contributed by atoms with Crippen LogP contribution in [-0.4, -0.2) is 39.5 Å². The first kappa shape index (κ1) is 10.6. The van der Waals surface area contributed by atoms with Gasteiger partial charge in [0.05, 0.1) is 12.3 Å². The van der Waals surface area contributed by atoms with Gasteiger partial charge in [0.25, 0.3) is 0 Å². The van der Waals surface area contributed by atoms with E-state index in [-0.39, 0.29) is 6.10 Å². The number of rotatable bonds is 5. The summed E-state index contributed by atoms with van der Waals surface area (Å²) in [5.74, 6) is 0.557. The summed E-state index contributed by atoms with van der Waals surface area (Å²) in [7, 11) is 3.96. The second kappa shape index (κ2) is 4.33. The molecule has 1 unspecified atom stereocenters. The van der Waals surface area contributed by atoms with E-state index in [0.29, 0.717) is 5.92 Å². The topological polar surface area (TPSA) is 41.3 Å². The normalized spacial score (nSPS) is 18.4. The Balaban J connectivity index is 1.78. The molecule has 1 atom stereocenters. The van der Waals surface area contributed by atoms with E-state index in [1.807, 2.05) is 26.5 Å². The maximum Gasteiger partial charge on any atom is 0.0695 e. The number of nitrogens with zero attached hydrogens (tertiary/aromatic N) is 3. The van der Waals surface area contributed by atoms with Gasteiger partial charge in [0.2, 0.25) is 0 Å². The third kappa shape index (κ3) is 3.04. The van der Waals surface area contributed by atoms with Crippen LogP contribution >= 0.6 is 0 Å². The summed E-state index contributed by atoms with van der Waals surface area (Å²) in [5.41, 5.74) is 1.20. The lowest BCUT2D eigenvalue weighted by Gasteiger charge is -2.19. The van der Waals surface area contributed by atoms with E-state index in [1.165, 1.54) is 18.4 Å². The number of aliphatic hydroxyl groups excluding tert-OH is 1. The molecule has 1 N–H and O–H groups in total. The average molecular weight is 209 g/mol. The first-order valence-corrected chi connectivity index (χ1v) is 5.49. The minimum absolute atomic E-state index is 0.147. The van der Waals surface area contributed by atoms with Crippen LogP contribution in [0.4, 0.5) is 0 Å². The van der Waals surface area contributed by atoms with Crippen molar-refractivity contribution in [2.75, 3.05) is 13.6 Å². The van der Waals surface area contributed by atoms with Gasteiger partial charge in [-0.2, -0.15) is 5.10 Å². The number of hydrogen-bond acceptors (Lipinski definition) is 3. The van der Waals surface area contributed by atoms with Crippen LogP contribution in [0.25, 0.3) is 0 Å². The van der Waals surface area contributed by atoms with Gasteiger partial charge in [-0.15, -0.1) is 0 Å². The molecule has 1 aliphatic carbocycles. The van der Waals surface area contributed by atoms with Crippen molar-refractivity contribution in [3.05, 3.63) is 18.0 Å². The molecule has 0 aromatic carbocycles. The fourth-order valence-electron chi connectivity index (χ4n) is 1.88. The molecule has 0 spiro atoms. The molecule has 1 saturated carbocycles. The zero-order valence-corrected chi connectivity index (χ0v) is 9.43. The molecule has 1 fully saturated rings. The Kier molecular flexibility index (Phi) is 3.07. The van der Waals surface area contributed by atoms with E-state index in [1.54, 1.807) is 4.68 Å². The molecule has 4 nitrogen and oxygen atoms in total. The molecule has 0 aliphatic heterocycles. The monoisotopic (exact) mass is 209 g/mol. The van der Waals surface area contributed by atoms with Gasteiger partial charge in [-0.25, -0.2) is 0 Å². The molecule has 1 aromatic heterocycles. The summed E-state index contributed by atoms with van der Waals surface area (Å²) in [5, 5.41) is 13.9. The predicted molar refractivity (Wildman–Crippen MR) is 58.3 cm³/mol. The van der Waals surface area contributed by atoms with Gasteiger partial charge < -0.3 is 5.11 Å². The highest BCUT2D eigenvalue weighted by Crippen LogP contribution is 2.32. The molecule has 0 radical (unpaired) electrons. The molecular weight excluding hydrogens is 190 g/mol. The first-order valence-electron chi connectivity index (χ1n) is 5.49. The maximum atomic E-state index is 9.78. The van der Waals surface area contributed by atoms with Crippen LogP contribution in [0.5, 0.6) is 0 Å². The van der Waals surface area contributed by atoms with Crippen molar-refractivity contribution in [2.45, 2.75) is 25.5 Å². The van der Waals surface area contributed by atoms with Crippen molar-refractivity contribution in [3.8, 4) is 0 Å². The van der Waals surface area contributed by atoms with Gasteiger partial charge in [0.15, 0.2) is 0 Å². The van der Waals surface area contributed by atoms with Crippen molar-refractivity contribution >= 4 is 0 Å². The van der Waals surface area contributed by atoms with Gasteiger partial charge >= 0.3 is 0 Å². The number of likely N-dealkylation sites (N-methyl/N-ethyl adjacent to an activating group) is 1. The number of hydrogen-bond donors (Lipinski definition) is 1. The first-order chi connectivity index (χ1) is 7.15. The molecule has 1 heterocycles. The Morgan fingerprint density at radius 1 is 1.67 bits per heavy atom. The van der Waals surface area contributed by atoms with Gasteiger partial charge in [0.1, 0.15) is 0 Å². The van der Waals surface area contributed by atoms with Gasteiger partial charge in [0, 0.05) is 31.9 Å². The van der Waals surface area contributed by atoms with E-state index in [2.05, 4.69) is 10.00 Å². The minimum Gasteiger partial charge on any atom is -0.392 e. The van der Waals surface area contributed by atoms with Crippen molar-refractivity contribution in [3.63, 3.8) is 0 Å². The van der Waals surface area contributed by atoms with Crippen molar-refractivity contribution in [1.29, 1.82) is 0 Å². The van der Waals surface area contributed by atoms with Crippen LogP contribution < -0.4 is 0 Å². The van der Waals surface area contributed by atoms with E-state index in [4.69, 9.17) is 0 Å². The average Bonchev–Trinajstić information content (AvgIpc) is 2.92. The van der Waals surface area contributed by atoms with Gasteiger partial charge in [-0.3, -0.25) is 9.58 Å². The smallest absolute Gasteiger partial charge is 0.0695 e. The summed E-state index contributed by atoms with van der Waals surface area (Å²) in [4.78, 5) is 2.15. The maximum absolute atomic E-state index is 9.78. The van der Waals surface area contributed by atoms with Crippen LogP contribution in [0, 0.1) is 5.92 Å². The molecule has 0 bridgehead atoms. The Labute approximate surface area is 90.5 Å². The summed E-state index contributed by atoms with van der Waals surface area (Å²) >= 11 is 0. The largest absolute Gasteiger partial charge is 0.392 e. The molecule has 15 heavy (non-hydrogen) atoms. The molecule has 4 heteroatoms. The SMILES string of the molecule is CN(Cc1cnn(C)c1)CC(O)C1CC1. The summed E-state index contributed by atoms with van der Waals surface area (Å²) in [6.07, 6.45) is 6.13. The van der Waals surface area contributed by atoms with Crippen molar-refractivity contribution < 1.29 is 5.11 Å². The third-order valence-electron chi connectivity index (χ3n) is 2.88. The highest BCUT2D eigenvalue weighted by atomic mass is 16.3. The Hall–Kier alpha value is -0.870. The summed E-state index contributed by atoms with van der Waals surface area (Å²) in [6.45, 7) is 1.62. The predicted octanol–water partition coefficient (Wildman–Crippen LogP) is 0.623. The standard InChI is InChI=1S/C11H19N3O/c1-13(8-11(15)10-3-4-10)6-9-5-12-14(2)7-9/h5,7,10-11,15H,3-4,6,8H2,1-2H3. The van der Waals surface area contributed by atoms with Crippen LogP contribution in [0.2, 0.25) is 0 Å². The van der Waals surface area contributed by atoms with Gasteiger partial charge in [-0.05, 0) is 25.8 Å². The Morgan fingerprint density at radius 3 is 2.93 bits per heavy atom. The Morgan fingerprint density at radius 2 is 2.40 bits per heavy atom. The fraction of sp³-hybridized carbons (Fsp3) is 0.727. The lowest BCUT2D eigenvalue weighted by Crippen LogP contribution is -2.29. The molecule has 2 rings (SSSR count). The van der Waals surface area contributed by atoms with E-state index in [9.17, 15) is 5.11 Å². The molecular formula is C11H19N3O. The third-order valence-corrected chi connectivity index (χ3v) is 2.88. The number of aromatic nitrogens is 2. The summed E-state index contributed by atoms with van der Waals surface area (Å²) < 4.78 is 1.81. The van der Waals surface area contributed by atoms with Crippen molar-refractivity contribution in [1.82, 2.24) is 14.7 Å². The van der Waals surface area contributed by atoms with Crippen LogP contribution in [-0.2, 0) is 13.6 Å². The second-order valence-corrected chi connectivity index (χ2v) is 4.62. The van der Waals surface area contributed by atoms with Crippen LogP contribution in [0.1, 0.15) is 18.4 Å². The lowest BCUT2D eigenvalue weighted by atomic mass is 10.2. The lowest BCUT2D eigenvalue weighted by molar-refractivity contribution is 0.104. The fourth-order valence-corrected chi connectivity index (χ4v) is 1.88. The summed E-state index contributed by atoms with van der Waals surface area (Å²) in [6, 6.07) is 0. The number of aryl methyl sites for hydroxylation is 1. The Bertz CT molecular complexity index is 319. The molecule has 1 aromatic rings. The van der Waals surface area contributed by atoms with Crippen LogP contribution in [0.3, 0.4) is 0 Å². The highest BCUT2D eigenvalue weighted by molar-refractivity contribution is 5.03. The quantitative estimate of drug-likeness (QED) is 0.773. The van der Waals surface area contributed by atoms with E-state index in [0.717, 1.165) is 13.1 Å². The molecule has 0 amide bonds. The molecule has 0 saturated heterocycles. The second-order valence-electron chi connectivity index (χ2n) is 4.62.